The number of nitrogens with one attached hydrogen (secondary N) is 2. The maximum Gasteiger partial charge on any atom is 0.250 e. The maximum absolute atomic E-state index is 11.1. The third-order valence-corrected chi connectivity index (χ3v) is 1.86. The van der Waals surface area contributed by atoms with E-state index in [1.807, 2.05) is 24.3 Å². The molecule has 0 aliphatic carbocycles. The standard InChI is InChI=1S/C9H7N3O/c10-12-9-7-4-2-1-3-6(7)5-8(13)11-9/h1-5,10H,(H,11,13). The molecule has 0 fully saturated rings. The Morgan fingerprint density at radius 2 is 2.08 bits per heavy atom. The van der Waals surface area contributed by atoms with Crippen molar-refractivity contribution in [3.8, 4) is 0 Å². The molecule has 0 aliphatic rings. The lowest BCUT2D eigenvalue weighted by atomic mass is 10.2. The molecule has 0 bridgehead atoms. The van der Waals surface area contributed by atoms with Crippen LogP contribution in [0.3, 0.4) is 0 Å². The van der Waals surface area contributed by atoms with E-state index in [4.69, 9.17) is 5.53 Å². The summed E-state index contributed by atoms with van der Waals surface area (Å²) in [5.74, 6) is 0.308. The fourth-order valence-corrected chi connectivity index (χ4v) is 1.29. The lowest BCUT2D eigenvalue weighted by Crippen LogP contribution is -2.02. The minimum atomic E-state index is -0.232. The van der Waals surface area contributed by atoms with Gasteiger partial charge in [0.1, 0.15) is 0 Å². The summed E-state index contributed by atoms with van der Waals surface area (Å²) in [7, 11) is 0. The van der Waals surface area contributed by atoms with Crippen LogP contribution in [-0.2, 0) is 0 Å². The topological polar surface area (TPSA) is 69.1 Å². The zero-order valence-corrected chi connectivity index (χ0v) is 6.74. The molecule has 13 heavy (non-hydrogen) atoms. The Bertz CT molecular complexity index is 515. The second kappa shape index (κ2) is 2.82. The molecular formula is C9H7N3O. The molecular weight excluding hydrogens is 166 g/mol. The van der Waals surface area contributed by atoms with E-state index < -0.39 is 0 Å². The largest absolute Gasteiger partial charge is 0.305 e. The molecule has 0 amide bonds. The number of benzene rings is 1. The molecule has 2 aromatic rings. The van der Waals surface area contributed by atoms with Gasteiger partial charge in [-0.05, 0) is 5.39 Å². The van der Waals surface area contributed by atoms with E-state index in [0.29, 0.717) is 5.82 Å². The predicted octanol–water partition coefficient (Wildman–Crippen LogP) is 2.19. The average Bonchev–Trinajstić information content (AvgIpc) is 2.16. The van der Waals surface area contributed by atoms with Gasteiger partial charge in [0, 0.05) is 11.5 Å². The molecule has 2 N–H and O–H groups in total. The average molecular weight is 173 g/mol. The second-order valence-electron chi connectivity index (χ2n) is 2.68. The summed E-state index contributed by atoms with van der Waals surface area (Å²) in [5, 5.41) is 4.85. The molecule has 1 heterocycles. The number of hydrogen-bond donors (Lipinski definition) is 2. The third-order valence-electron chi connectivity index (χ3n) is 1.86. The van der Waals surface area contributed by atoms with E-state index in [9.17, 15) is 4.79 Å². The normalized spacial score (nSPS) is 10.2. The minimum absolute atomic E-state index is 0.232. The zero-order chi connectivity index (χ0) is 9.26. The van der Waals surface area contributed by atoms with E-state index in [1.165, 1.54) is 6.07 Å². The van der Waals surface area contributed by atoms with Crippen molar-refractivity contribution in [1.29, 1.82) is 5.53 Å². The van der Waals surface area contributed by atoms with Gasteiger partial charge in [-0.25, -0.2) is 5.53 Å². The van der Waals surface area contributed by atoms with E-state index >= 15 is 0 Å². The summed E-state index contributed by atoms with van der Waals surface area (Å²) < 4.78 is 0. The highest BCUT2D eigenvalue weighted by atomic mass is 16.1. The quantitative estimate of drug-likeness (QED) is 0.637. The molecule has 0 spiro atoms. The van der Waals surface area contributed by atoms with Crippen molar-refractivity contribution >= 4 is 16.6 Å². The Kier molecular flexibility index (Phi) is 1.66. The van der Waals surface area contributed by atoms with Gasteiger partial charge in [-0.3, -0.25) is 4.79 Å². The molecule has 0 atom stereocenters. The van der Waals surface area contributed by atoms with Gasteiger partial charge < -0.3 is 4.98 Å². The van der Waals surface area contributed by atoms with Crippen LogP contribution in [0.5, 0.6) is 0 Å². The summed E-state index contributed by atoms with van der Waals surface area (Å²) in [6, 6.07) is 8.81. The van der Waals surface area contributed by atoms with Gasteiger partial charge in [0.05, 0.1) is 0 Å². The smallest absolute Gasteiger partial charge is 0.250 e. The molecule has 0 saturated carbocycles. The van der Waals surface area contributed by atoms with Gasteiger partial charge in [-0.1, -0.05) is 24.3 Å². The van der Waals surface area contributed by atoms with Crippen LogP contribution in [-0.4, -0.2) is 4.98 Å². The number of H-pyrrole nitrogens is 1. The van der Waals surface area contributed by atoms with Gasteiger partial charge in [0.2, 0.25) is 5.56 Å². The van der Waals surface area contributed by atoms with Crippen molar-refractivity contribution in [2.45, 2.75) is 0 Å². The van der Waals surface area contributed by atoms with E-state index in [2.05, 4.69) is 10.1 Å². The van der Waals surface area contributed by atoms with Crippen LogP contribution >= 0.6 is 0 Å². The molecule has 1 aromatic carbocycles. The number of rotatable bonds is 1. The number of aromatic nitrogens is 1. The number of pyridine rings is 1. The highest BCUT2D eigenvalue weighted by Crippen LogP contribution is 2.20. The summed E-state index contributed by atoms with van der Waals surface area (Å²) in [6.07, 6.45) is 0. The minimum Gasteiger partial charge on any atom is -0.305 e. The van der Waals surface area contributed by atoms with Crippen LogP contribution in [0, 0.1) is 5.53 Å². The van der Waals surface area contributed by atoms with Gasteiger partial charge in [0.15, 0.2) is 5.82 Å². The van der Waals surface area contributed by atoms with Gasteiger partial charge in [0.25, 0.3) is 0 Å². The molecule has 0 aliphatic heterocycles. The lowest BCUT2D eigenvalue weighted by molar-refractivity contribution is 1.09. The summed E-state index contributed by atoms with van der Waals surface area (Å²) in [5.41, 5.74) is 6.65. The van der Waals surface area contributed by atoms with Crippen LogP contribution in [0.15, 0.2) is 40.2 Å². The Labute approximate surface area is 73.7 Å². The Morgan fingerprint density at radius 1 is 1.31 bits per heavy atom. The lowest BCUT2D eigenvalue weighted by Gasteiger charge is -1.98. The third kappa shape index (κ3) is 1.22. The Balaban J connectivity index is 2.97. The fraction of sp³-hybridized carbons (Fsp3) is 0. The molecule has 0 saturated heterocycles. The van der Waals surface area contributed by atoms with Gasteiger partial charge in [-0.2, -0.15) is 0 Å². The van der Waals surface area contributed by atoms with E-state index in [1.54, 1.807) is 0 Å². The van der Waals surface area contributed by atoms with Crippen LogP contribution in [0.25, 0.3) is 10.8 Å². The van der Waals surface area contributed by atoms with Crippen molar-refractivity contribution in [3.63, 3.8) is 0 Å². The Hall–Kier alpha value is -1.97. The molecule has 1 aromatic heterocycles. The molecule has 4 heteroatoms. The van der Waals surface area contributed by atoms with Crippen LogP contribution < -0.4 is 5.56 Å². The highest BCUT2D eigenvalue weighted by molar-refractivity contribution is 5.89. The van der Waals surface area contributed by atoms with Gasteiger partial charge >= 0.3 is 0 Å². The first-order valence-corrected chi connectivity index (χ1v) is 3.81. The predicted molar refractivity (Wildman–Crippen MR) is 49.4 cm³/mol. The first kappa shape index (κ1) is 7.67. The number of fused-ring (bicyclic) bond motifs is 1. The summed E-state index contributed by atoms with van der Waals surface area (Å²) in [6.45, 7) is 0. The number of nitrogens with zero attached hydrogens (tertiary/aromatic N) is 1. The van der Waals surface area contributed by atoms with Crippen molar-refractivity contribution in [1.82, 2.24) is 4.98 Å². The second-order valence-corrected chi connectivity index (χ2v) is 2.68. The SMILES string of the molecule is N=Nc1[nH]c(=O)cc2ccccc12. The van der Waals surface area contributed by atoms with Crippen molar-refractivity contribution < 1.29 is 0 Å². The maximum atomic E-state index is 11.1. The fourth-order valence-electron chi connectivity index (χ4n) is 1.29. The number of hydrogen-bond acceptors (Lipinski definition) is 3. The van der Waals surface area contributed by atoms with Crippen LogP contribution in [0.4, 0.5) is 5.82 Å². The first-order chi connectivity index (χ1) is 6.31. The molecule has 4 nitrogen and oxygen atoms in total. The summed E-state index contributed by atoms with van der Waals surface area (Å²) in [4.78, 5) is 13.6. The highest BCUT2D eigenvalue weighted by Gasteiger charge is 1.99. The number of aromatic amines is 1. The van der Waals surface area contributed by atoms with Gasteiger partial charge in [-0.15, -0.1) is 5.11 Å². The van der Waals surface area contributed by atoms with E-state index in [0.717, 1.165) is 10.8 Å². The van der Waals surface area contributed by atoms with E-state index in [-0.39, 0.29) is 5.56 Å². The van der Waals surface area contributed by atoms with Crippen LogP contribution in [0.1, 0.15) is 0 Å². The molecule has 2 rings (SSSR count). The molecule has 0 unspecified atom stereocenters. The Morgan fingerprint density at radius 3 is 2.85 bits per heavy atom. The molecule has 0 radical (unpaired) electrons. The monoisotopic (exact) mass is 173 g/mol. The van der Waals surface area contributed by atoms with Crippen molar-refractivity contribution in [3.05, 3.63) is 40.7 Å². The van der Waals surface area contributed by atoms with Crippen molar-refractivity contribution in [2.24, 2.45) is 5.11 Å². The van der Waals surface area contributed by atoms with Crippen LogP contribution in [0.2, 0.25) is 0 Å². The zero-order valence-electron chi connectivity index (χ0n) is 6.74. The van der Waals surface area contributed by atoms with Crippen molar-refractivity contribution in [2.75, 3.05) is 0 Å². The molecule has 64 valence electrons. The first-order valence-electron chi connectivity index (χ1n) is 3.81. The summed E-state index contributed by atoms with van der Waals surface area (Å²) >= 11 is 0.